The molecular weight excluding hydrogens is 438 g/mol. The number of unbranched alkanes of at least 4 members (excludes halogenated alkanes) is 2. The summed E-state index contributed by atoms with van der Waals surface area (Å²) in [5.41, 5.74) is 16.6. The lowest BCUT2D eigenvalue weighted by atomic mass is 9.79. The smallest absolute Gasteiger partial charge is 0.130 e. The van der Waals surface area contributed by atoms with E-state index in [1.807, 2.05) is 12.2 Å². The van der Waals surface area contributed by atoms with E-state index in [-0.39, 0.29) is 7.43 Å². The molecule has 0 fully saturated rings. The zero-order valence-corrected chi connectivity index (χ0v) is 22.3. The molecule has 2 N–H and O–H groups in total. The molecule has 0 saturated carbocycles. The van der Waals surface area contributed by atoms with Gasteiger partial charge >= 0.3 is 0 Å². The minimum atomic E-state index is 0. The summed E-state index contributed by atoms with van der Waals surface area (Å²) in [6, 6.07) is 9.22. The summed E-state index contributed by atoms with van der Waals surface area (Å²) >= 11 is 0. The van der Waals surface area contributed by atoms with Crippen molar-refractivity contribution in [1.29, 1.82) is 0 Å². The Morgan fingerprint density at radius 1 is 1.06 bits per heavy atom. The number of benzene rings is 2. The van der Waals surface area contributed by atoms with Crippen LogP contribution in [-0.2, 0) is 38.5 Å². The van der Waals surface area contributed by atoms with Gasteiger partial charge in [-0.2, -0.15) is 0 Å². The van der Waals surface area contributed by atoms with Gasteiger partial charge in [0.05, 0.1) is 7.11 Å². The van der Waals surface area contributed by atoms with E-state index in [1.165, 1.54) is 75.1 Å². The zero-order valence-electron chi connectivity index (χ0n) is 22.3. The number of fused-ring (bicyclic) bond motifs is 1. The fourth-order valence-corrected chi connectivity index (χ4v) is 5.70. The maximum Gasteiger partial charge on any atom is 0.130 e. The number of hydrogen-bond acceptors (Lipinski definition) is 2. The Hall–Kier alpha value is -2.74. The normalized spacial score (nSPS) is 14.8. The largest absolute Gasteiger partial charge is 0.496 e. The summed E-state index contributed by atoms with van der Waals surface area (Å²) < 4.78 is 5.83. The van der Waals surface area contributed by atoms with Crippen molar-refractivity contribution < 1.29 is 4.74 Å². The number of rotatable bonds is 13. The fraction of sp³-hybridized carbons (Fsp3) is 0.471. The molecule has 0 amide bonds. The lowest BCUT2D eigenvalue weighted by Crippen LogP contribution is -2.15. The molecule has 1 aliphatic rings. The van der Waals surface area contributed by atoms with Crippen LogP contribution in [0.5, 0.6) is 5.75 Å². The molecule has 2 nitrogen and oxygen atoms in total. The Labute approximate surface area is 221 Å². The van der Waals surface area contributed by atoms with Crippen molar-refractivity contribution in [3.8, 4) is 5.75 Å². The van der Waals surface area contributed by atoms with Crippen molar-refractivity contribution in [3.63, 3.8) is 0 Å². The number of nitrogens with two attached hydrogens (primary N) is 1. The molecular formula is C34H49NO. The van der Waals surface area contributed by atoms with Crippen molar-refractivity contribution in [2.45, 2.75) is 91.9 Å². The Kier molecular flexibility index (Phi) is 12.1. The first-order chi connectivity index (χ1) is 17.0. The van der Waals surface area contributed by atoms with Crippen molar-refractivity contribution in [3.05, 3.63) is 94.7 Å². The second kappa shape index (κ2) is 14.7. The van der Waals surface area contributed by atoms with E-state index in [0.29, 0.717) is 0 Å². The van der Waals surface area contributed by atoms with Crippen LogP contribution in [0.4, 0.5) is 0 Å². The van der Waals surface area contributed by atoms with Crippen LogP contribution in [0.1, 0.15) is 92.3 Å². The summed E-state index contributed by atoms with van der Waals surface area (Å²) in [5.74, 6) is 1.72. The van der Waals surface area contributed by atoms with Crippen molar-refractivity contribution in [2.24, 2.45) is 11.7 Å². The maximum atomic E-state index is 5.83. The van der Waals surface area contributed by atoms with Crippen LogP contribution in [0.15, 0.2) is 55.8 Å². The third-order valence-electron chi connectivity index (χ3n) is 7.53. The molecule has 0 heterocycles. The summed E-state index contributed by atoms with van der Waals surface area (Å²) in [7, 11) is 1.74. The first-order valence-electron chi connectivity index (χ1n) is 13.5. The van der Waals surface area contributed by atoms with Crippen LogP contribution >= 0.6 is 0 Å². The highest BCUT2D eigenvalue weighted by atomic mass is 16.5. The first-order valence-corrected chi connectivity index (χ1v) is 13.5. The molecule has 0 aromatic heterocycles. The molecule has 36 heavy (non-hydrogen) atoms. The van der Waals surface area contributed by atoms with Crippen LogP contribution in [0.2, 0.25) is 0 Å². The molecule has 1 unspecified atom stereocenters. The van der Waals surface area contributed by atoms with Crippen LogP contribution in [0, 0.1) is 5.92 Å². The predicted molar refractivity (Wildman–Crippen MR) is 159 cm³/mol. The average molecular weight is 488 g/mol. The highest BCUT2D eigenvalue weighted by molar-refractivity contribution is 5.77. The monoisotopic (exact) mass is 487 g/mol. The SMILES string of the molecule is C.C=CCc1c(CCCCCc2ccc3c(c2CCC)CC(C)CC3)ccc(C(=C)/C=C\N)c1OC. The van der Waals surface area contributed by atoms with Gasteiger partial charge in [-0.15, -0.1) is 6.58 Å². The fourth-order valence-electron chi connectivity index (χ4n) is 5.70. The van der Waals surface area contributed by atoms with Gasteiger partial charge in [-0.05, 0) is 109 Å². The number of methoxy groups -OCH3 is 1. The van der Waals surface area contributed by atoms with E-state index in [4.69, 9.17) is 10.5 Å². The predicted octanol–water partition coefficient (Wildman–Crippen LogP) is 8.58. The molecule has 1 atom stereocenters. The number of hydrogen-bond donors (Lipinski definition) is 1. The number of ether oxygens (including phenoxy) is 1. The van der Waals surface area contributed by atoms with Gasteiger partial charge in [0.15, 0.2) is 0 Å². The Morgan fingerprint density at radius 3 is 2.39 bits per heavy atom. The highest BCUT2D eigenvalue weighted by Crippen LogP contribution is 2.34. The third kappa shape index (κ3) is 7.15. The molecule has 196 valence electrons. The van der Waals surface area contributed by atoms with Gasteiger partial charge in [-0.1, -0.05) is 71.0 Å². The van der Waals surface area contributed by atoms with Gasteiger partial charge in [0.1, 0.15) is 5.75 Å². The first kappa shape index (κ1) is 29.5. The maximum absolute atomic E-state index is 5.83. The van der Waals surface area contributed by atoms with E-state index >= 15 is 0 Å². The van der Waals surface area contributed by atoms with Crippen LogP contribution in [-0.4, -0.2) is 7.11 Å². The molecule has 0 aliphatic heterocycles. The quantitative estimate of drug-likeness (QED) is 0.174. The van der Waals surface area contributed by atoms with Crippen molar-refractivity contribution in [1.82, 2.24) is 0 Å². The van der Waals surface area contributed by atoms with Gasteiger partial charge in [0.2, 0.25) is 0 Å². The molecule has 0 bridgehead atoms. The van der Waals surface area contributed by atoms with Crippen molar-refractivity contribution in [2.75, 3.05) is 7.11 Å². The van der Waals surface area contributed by atoms with Gasteiger partial charge < -0.3 is 10.5 Å². The molecule has 2 aromatic rings. The molecule has 0 saturated heterocycles. The molecule has 1 aliphatic carbocycles. The van der Waals surface area contributed by atoms with Crippen molar-refractivity contribution >= 4 is 5.57 Å². The van der Waals surface area contributed by atoms with Gasteiger partial charge in [0, 0.05) is 11.1 Å². The Morgan fingerprint density at radius 2 is 1.75 bits per heavy atom. The van der Waals surface area contributed by atoms with Crippen LogP contribution in [0.3, 0.4) is 0 Å². The van der Waals surface area contributed by atoms with E-state index in [0.717, 1.165) is 35.6 Å². The van der Waals surface area contributed by atoms with Crippen LogP contribution < -0.4 is 10.5 Å². The van der Waals surface area contributed by atoms with E-state index in [9.17, 15) is 0 Å². The average Bonchev–Trinajstić information content (AvgIpc) is 2.85. The third-order valence-corrected chi connectivity index (χ3v) is 7.53. The minimum absolute atomic E-state index is 0. The molecule has 0 spiro atoms. The minimum Gasteiger partial charge on any atom is -0.496 e. The Bertz CT molecular complexity index is 1050. The zero-order chi connectivity index (χ0) is 25.2. The lowest BCUT2D eigenvalue weighted by Gasteiger charge is -2.26. The summed E-state index contributed by atoms with van der Waals surface area (Å²) in [4.78, 5) is 0. The molecule has 2 heteroatoms. The molecule has 2 aromatic carbocycles. The number of aryl methyl sites for hydroxylation is 3. The second-order valence-electron chi connectivity index (χ2n) is 10.2. The standard InChI is InChI=1S/C33H45NO.CH4/c1-6-11-30-26(17-18-28-16-15-24(3)23-32(28)30)13-9-8-10-14-27-19-20-29(25(4)21-22-34)33(35-5)31(27)12-7-2;/h7,17-22,24H,2,4,6,8-16,23,34H2,1,3,5H3;1H4/b22-21-;. The van der Waals surface area contributed by atoms with Gasteiger partial charge in [-0.25, -0.2) is 0 Å². The second-order valence-corrected chi connectivity index (χ2v) is 10.2. The van der Waals surface area contributed by atoms with Crippen LogP contribution in [0.25, 0.3) is 5.57 Å². The highest BCUT2D eigenvalue weighted by Gasteiger charge is 2.20. The molecule has 0 radical (unpaired) electrons. The lowest BCUT2D eigenvalue weighted by molar-refractivity contribution is 0.408. The van der Waals surface area contributed by atoms with Gasteiger partial charge in [0.25, 0.3) is 0 Å². The van der Waals surface area contributed by atoms with E-state index in [2.05, 4.69) is 51.3 Å². The summed E-state index contributed by atoms with van der Waals surface area (Å²) in [6.45, 7) is 12.9. The van der Waals surface area contributed by atoms with E-state index < -0.39 is 0 Å². The topological polar surface area (TPSA) is 35.2 Å². The Balaban J connectivity index is 0.00000456. The van der Waals surface area contributed by atoms with Gasteiger partial charge in [-0.3, -0.25) is 0 Å². The molecule has 3 rings (SSSR count). The number of allylic oxidation sites excluding steroid dienone is 3. The summed E-state index contributed by atoms with van der Waals surface area (Å²) in [6.07, 6.45) is 18.4. The van der Waals surface area contributed by atoms with E-state index in [1.54, 1.807) is 29.4 Å². The summed E-state index contributed by atoms with van der Waals surface area (Å²) in [5, 5.41) is 0.